The van der Waals surface area contributed by atoms with Crippen molar-refractivity contribution in [2.45, 2.75) is 58.5 Å². The first-order chi connectivity index (χ1) is 12.6. The van der Waals surface area contributed by atoms with Gasteiger partial charge in [-0.2, -0.15) is 0 Å². The summed E-state index contributed by atoms with van der Waals surface area (Å²) >= 11 is 0. The third-order valence-electron chi connectivity index (χ3n) is 4.83. The van der Waals surface area contributed by atoms with Gasteiger partial charge in [-0.15, -0.1) is 0 Å². The van der Waals surface area contributed by atoms with E-state index in [4.69, 9.17) is 0 Å². The summed E-state index contributed by atoms with van der Waals surface area (Å²) in [6.07, 6.45) is 1.16. The van der Waals surface area contributed by atoms with E-state index in [0.717, 1.165) is 5.56 Å². The van der Waals surface area contributed by atoms with Crippen molar-refractivity contribution >= 4 is 23.4 Å². The zero-order valence-corrected chi connectivity index (χ0v) is 16.8. The number of benzene rings is 1. The van der Waals surface area contributed by atoms with Gasteiger partial charge in [0.1, 0.15) is 0 Å². The number of urea groups is 2. The summed E-state index contributed by atoms with van der Waals surface area (Å²) in [5.74, 6) is 0. The van der Waals surface area contributed by atoms with Gasteiger partial charge in [0, 0.05) is 11.4 Å². The number of anilines is 2. The Morgan fingerprint density at radius 1 is 0.926 bits per heavy atom. The molecule has 8 nitrogen and oxygen atoms in total. The highest BCUT2D eigenvalue weighted by molar-refractivity contribution is 5.94. The maximum absolute atomic E-state index is 12.2. The molecule has 6 N–H and O–H groups in total. The molecule has 0 fully saturated rings. The van der Waals surface area contributed by atoms with Crippen molar-refractivity contribution in [2.24, 2.45) is 0 Å². The highest BCUT2D eigenvalue weighted by Gasteiger charge is 2.24. The van der Waals surface area contributed by atoms with E-state index in [0.29, 0.717) is 24.2 Å². The molecule has 27 heavy (non-hydrogen) atoms. The van der Waals surface area contributed by atoms with Crippen LogP contribution < -0.4 is 21.3 Å². The van der Waals surface area contributed by atoms with Gasteiger partial charge in [-0.3, -0.25) is 0 Å². The predicted octanol–water partition coefficient (Wildman–Crippen LogP) is 2.56. The lowest BCUT2D eigenvalue weighted by molar-refractivity contribution is 0.172. The fourth-order valence-electron chi connectivity index (χ4n) is 2.18. The van der Waals surface area contributed by atoms with E-state index in [1.165, 1.54) is 0 Å². The maximum Gasteiger partial charge on any atom is 0.319 e. The average molecular weight is 380 g/mol. The molecule has 0 saturated carbocycles. The number of rotatable bonds is 8. The van der Waals surface area contributed by atoms with E-state index < -0.39 is 23.1 Å². The Morgan fingerprint density at radius 3 is 1.85 bits per heavy atom. The van der Waals surface area contributed by atoms with Crippen molar-refractivity contribution in [1.29, 1.82) is 0 Å². The van der Waals surface area contributed by atoms with E-state index >= 15 is 0 Å². The number of carbonyl (C=O) groups excluding carboxylic acids is 2. The number of aryl methyl sites for hydroxylation is 1. The summed E-state index contributed by atoms with van der Waals surface area (Å²) in [4.78, 5) is 24.4. The molecule has 0 aliphatic rings. The third-order valence-corrected chi connectivity index (χ3v) is 4.83. The van der Waals surface area contributed by atoms with E-state index in [2.05, 4.69) is 21.3 Å². The van der Waals surface area contributed by atoms with Crippen molar-refractivity contribution in [3.63, 3.8) is 0 Å². The fourth-order valence-corrected chi connectivity index (χ4v) is 2.18. The minimum absolute atomic E-state index is 0.168. The zero-order chi connectivity index (χ0) is 20.7. The maximum atomic E-state index is 12.2. The number of amides is 4. The lowest BCUT2D eigenvalue weighted by atomic mass is 10.0. The first-order valence-electron chi connectivity index (χ1n) is 9.11. The minimum atomic E-state index is -0.706. The van der Waals surface area contributed by atoms with Crippen LogP contribution in [0.3, 0.4) is 0 Å². The molecule has 152 valence electrons. The summed E-state index contributed by atoms with van der Waals surface area (Å²) in [6, 6.07) is 4.29. The Balaban J connectivity index is 2.82. The van der Waals surface area contributed by atoms with Crippen LogP contribution in [0.1, 0.15) is 46.1 Å². The largest absolute Gasteiger partial charge is 0.394 e. The Labute approximate surface area is 160 Å². The van der Waals surface area contributed by atoms with Gasteiger partial charge in [0.2, 0.25) is 0 Å². The molecule has 0 saturated heterocycles. The number of hydrogen-bond donors (Lipinski definition) is 6. The van der Waals surface area contributed by atoms with Crippen LogP contribution in [0, 0.1) is 6.92 Å². The highest BCUT2D eigenvalue weighted by Crippen LogP contribution is 2.21. The fraction of sp³-hybridized carbons (Fsp3) is 0.579. The van der Waals surface area contributed by atoms with Gasteiger partial charge >= 0.3 is 12.1 Å². The SMILES string of the molecule is CC[C@@](C)(CO)NC(=O)Nc1ccc(C)c(NC(=O)N[C@@](C)(CC)CO)c1. The molecule has 8 heteroatoms. The molecular formula is C19H32N4O4. The van der Waals surface area contributed by atoms with Crippen LogP contribution in [0.15, 0.2) is 18.2 Å². The summed E-state index contributed by atoms with van der Waals surface area (Å²) in [5.41, 5.74) is 0.465. The van der Waals surface area contributed by atoms with Crippen LogP contribution in [-0.2, 0) is 0 Å². The first kappa shape index (κ1) is 22.7. The highest BCUT2D eigenvalue weighted by atomic mass is 16.3. The van der Waals surface area contributed by atoms with Crippen molar-refractivity contribution in [3.8, 4) is 0 Å². The summed E-state index contributed by atoms with van der Waals surface area (Å²) in [5, 5.41) is 29.7. The molecule has 1 rings (SSSR count). The third kappa shape index (κ3) is 6.73. The van der Waals surface area contributed by atoms with Gasteiger partial charge in [-0.1, -0.05) is 19.9 Å². The number of carbonyl (C=O) groups is 2. The molecule has 0 aromatic heterocycles. The summed E-state index contributed by atoms with van der Waals surface area (Å²) in [6.45, 7) is 8.77. The summed E-state index contributed by atoms with van der Waals surface area (Å²) < 4.78 is 0. The van der Waals surface area contributed by atoms with Gasteiger partial charge < -0.3 is 31.5 Å². The van der Waals surface area contributed by atoms with Gasteiger partial charge in [0.25, 0.3) is 0 Å². The predicted molar refractivity (Wildman–Crippen MR) is 107 cm³/mol. The second-order valence-corrected chi connectivity index (χ2v) is 7.33. The molecule has 2 atom stereocenters. The standard InChI is InChI=1S/C19H32N4O4/c1-6-18(4,11-24)22-16(26)20-14-9-8-13(3)15(10-14)21-17(27)23-19(5,7-2)12-25/h8-10,24-25H,6-7,11-12H2,1-5H3,(H2,20,22,26)(H2,21,23,27)/t18-,19-/m0/s1. The van der Waals surface area contributed by atoms with Crippen LogP contribution in [0.25, 0.3) is 0 Å². The van der Waals surface area contributed by atoms with Gasteiger partial charge in [0.15, 0.2) is 0 Å². The van der Waals surface area contributed by atoms with Crippen LogP contribution in [0.5, 0.6) is 0 Å². The van der Waals surface area contributed by atoms with Gasteiger partial charge in [-0.25, -0.2) is 9.59 Å². The van der Waals surface area contributed by atoms with Crippen molar-refractivity contribution in [2.75, 3.05) is 23.8 Å². The quantitative estimate of drug-likeness (QED) is 0.415. The topological polar surface area (TPSA) is 123 Å². The van der Waals surface area contributed by atoms with Crippen molar-refractivity contribution in [3.05, 3.63) is 23.8 Å². The van der Waals surface area contributed by atoms with Crippen molar-refractivity contribution < 1.29 is 19.8 Å². The Kier molecular flexibility index (Phi) is 8.05. The number of aliphatic hydroxyl groups is 2. The first-order valence-corrected chi connectivity index (χ1v) is 9.11. The lowest BCUT2D eigenvalue weighted by Gasteiger charge is -2.28. The van der Waals surface area contributed by atoms with E-state index in [1.54, 1.807) is 32.0 Å². The molecule has 0 radical (unpaired) electrons. The number of nitrogens with one attached hydrogen (secondary N) is 4. The number of hydrogen-bond acceptors (Lipinski definition) is 4. The van der Waals surface area contributed by atoms with E-state index in [1.807, 2.05) is 20.8 Å². The monoisotopic (exact) mass is 380 g/mol. The molecule has 0 aliphatic heterocycles. The van der Waals surface area contributed by atoms with E-state index in [-0.39, 0.29) is 13.2 Å². The van der Waals surface area contributed by atoms with Crippen LogP contribution in [-0.4, -0.2) is 46.6 Å². The molecule has 0 heterocycles. The second-order valence-electron chi connectivity index (χ2n) is 7.33. The molecule has 1 aromatic rings. The lowest BCUT2D eigenvalue weighted by Crippen LogP contribution is -2.50. The zero-order valence-electron chi connectivity index (χ0n) is 16.8. The molecule has 4 amide bonds. The van der Waals surface area contributed by atoms with Crippen LogP contribution in [0.2, 0.25) is 0 Å². The average Bonchev–Trinajstić information content (AvgIpc) is 2.64. The van der Waals surface area contributed by atoms with Crippen LogP contribution in [0.4, 0.5) is 21.0 Å². The van der Waals surface area contributed by atoms with Gasteiger partial charge in [-0.05, 0) is 51.3 Å². The molecule has 0 bridgehead atoms. The Hall–Kier alpha value is -2.32. The molecule has 0 aliphatic carbocycles. The summed E-state index contributed by atoms with van der Waals surface area (Å²) in [7, 11) is 0. The van der Waals surface area contributed by atoms with Crippen molar-refractivity contribution in [1.82, 2.24) is 10.6 Å². The molecule has 1 aromatic carbocycles. The second kappa shape index (κ2) is 9.57. The molecule has 0 spiro atoms. The number of aliphatic hydroxyl groups excluding tert-OH is 2. The Morgan fingerprint density at radius 2 is 1.41 bits per heavy atom. The minimum Gasteiger partial charge on any atom is -0.394 e. The smallest absolute Gasteiger partial charge is 0.319 e. The van der Waals surface area contributed by atoms with Gasteiger partial charge in [0.05, 0.1) is 24.3 Å². The normalized spacial score (nSPS) is 15.2. The molecule has 0 unspecified atom stereocenters. The van der Waals surface area contributed by atoms with Crippen LogP contribution >= 0.6 is 0 Å². The van der Waals surface area contributed by atoms with E-state index in [9.17, 15) is 19.8 Å². The molecular weight excluding hydrogens is 348 g/mol. The Bertz CT molecular complexity index is 655.